The van der Waals surface area contributed by atoms with E-state index in [4.69, 9.17) is 0 Å². The van der Waals surface area contributed by atoms with Gasteiger partial charge in [-0.2, -0.15) is 5.10 Å². The minimum absolute atomic E-state index is 0.141. The van der Waals surface area contributed by atoms with Crippen molar-refractivity contribution in [2.75, 3.05) is 18.4 Å². The molecule has 28 heavy (non-hydrogen) atoms. The summed E-state index contributed by atoms with van der Waals surface area (Å²) in [5, 5.41) is 10.2. The number of carbonyl (C=O) groups excluding carboxylic acids is 1. The molecule has 5 nitrogen and oxygen atoms in total. The SMILES string of the molecule is O=C(Nc1cc(F)ccc1F)c1cnn(-c2ccccc2)c1C1CCNCC1. The molecule has 1 aliphatic rings. The molecule has 1 aliphatic heterocycles. The van der Waals surface area contributed by atoms with Crippen molar-refractivity contribution in [3.63, 3.8) is 0 Å². The topological polar surface area (TPSA) is 59.0 Å². The Labute approximate surface area is 161 Å². The second-order valence-corrected chi connectivity index (χ2v) is 6.79. The number of halogens is 2. The summed E-state index contributed by atoms with van der Waals surface area (Å²) < 4.78 is 29.2. The summed E-state index contributed by atoms with van der Waals surface area (Å²) in [7, 11) is 0. The van der Waals surface area contributed by atoms with Crippen molar-refractivity contribution in [3.8, 4) is 5.69 Å². The Balaban J connectivity index is 1.72. The van der Waals surface area contributed by atoms with Gasteiger partial charge in [0.25, 0.3) is 5.91 Å². The van der Waals surface area contributed by atoms with Crippen molar-refractivity contribution in [1.82, 2.24) is 15.1 Å². The minimum atomic E-state index is -0.686. The number of anilines is 1. The summed E-state index contributed by atoms with van der Waals surface area (Å²) in [6, 6.07) is 12.6. The maximum absolute atomic E-state index is 14.0. The molecule has 0 saturated carbocycles. The first-order valence-corrected chi connectivity index (χ1v) is 9.24. The van der Waals surface area contributed by atoms with Crippen molar-refractivity contribution >= 4 is 11.6 Å². The lowest BCUT2D eigenvalue weighted by Gasteiger charge is -2.24. The van der Waals surface area contributed by atoms with Gasteiger partial charge in [-0.05, 0) is 50.2 Å². The van der Waals surface area contributed by atoms with Crippen LogP contribution < -0.4 is 10.6 Å². The molecule has 1 amide bonds. The van der Waals surface area contributed by atoms with Crippen LogP contribution in [-0.4, -0.2) is 28.8 Å². The van der Waals surface area contributed by atoms with Crippen molar-refractivity contribution < 1.29 is 13.6 Å². The van der Waals surface area contributed by atoms with Gasteiger partial charge in [-0.15, -0.1) is 0 Å². The molecule has 1 saturated heterocycles. The molecule has 2 N–H and O–H groups in total. The number of benzene rings is 2. The fourth-order valence-electron chi connectivity index (χ4n) is 3.58. The minimum Gasteiger partial charge on any atom is -0.319 e. The molecular formula is C21H20F2N4O. The molecule has 2 aromatic carbocycles. The highest BCUT2D eigenvalue weighted by Crippen LogP contribution is 2.31. The highest BCUT2D eigenvalue weighted by atomic mass is 19.1. The Hall–Kier alpha value is -3.06. The van der Waals surface area contributed by atoms with Crippen LogP contribution in [0.3, 0.4) is 0 Å². The first kappa shape index (κ1) is 18.3. The number of hydrogen-bond acceptors (Lipinski definition) is 3. The summed E-state index contributed by atoms with van der Waals surface area (Å²) in [6.45, 7) is 1.70. The summed E-state index contributed by atoms with van der Waals surface area (Å²) in [4.78, 5) is 12.9. The predicted octanol–water partition coefficient (Wildman–Crippen LogP) is 3.87. The van der Waals surface area contributed by atoms with Crippen LogP contribution in [0.25, 0.3) is 5.69 Å². The number of piperidine rings is 1. The average molecular weight is 382 g/mol. The van der Waals surface area contributed by atoms with Gasteiger partial charge in [-0.25, -0.2) is 13.5 Å². The standard InChI is InChI=1S/C21H20F2N4O/c22-15-6-7-18(23)19(12-15)26-21(28)17-13-25-27(16-4-2-1-3-5-16)20(17)14-8-10-24-11-9-14/h1-7,12-14,24H,8-11H2,(H,26,28). The molecule has 0 aliphatic carbocycles. The second-order valence-electron chi connectivity index (χ2n) is 6.79. The molecule has 0 spiro atoms. The van der Waals surface area contributed by atoms with E-state index in [1.807, 2.05) is 30.3 Å². The van der Waals surface area contributed by atoms with Crippen LogP contribution in [0.2, 0.25) is 0 Å². The largest absolute Gasteiger partial charge is 0.319 e. The monoisotopic (exact) mass is 382 g/mol. The lowest BCUT2D eigenvalue weighted by molar-refractivity contribution is 0.102. The van der Waals surface area contributed by atoms with Crippen LogP contribution in [0.15, 0.2) is 54.7 Å². The number of aromatic nitrogens is 2. The summed E-state index contributed by atoms with van der Waals surface area (Å²) in [6.07, 6.45) is 3.23. The molecule has 2 heterocycles. The Morgan fingerprint density at radius 2 is 1.86 bits per heavy atom. The zero-order valence-corrected chi connectivity index (χ0v) is 15.2. The van der Waals surface area contributed by atoms with Crippen LogP contribution in [0.1, 0.15) is 34.8 Å². The van der Waals surface area contributed by atoms with E-state index in [9.17, 15) is 13.6 Å². The molecule has 0 bridgehead atoms. The van der Waals surface area contributed by atoms with Crippen molar-refractivity contribution in [2.45, 2.75) is 18.8 Å². The summed E-state index contributed by atoms with van der Waals surface area (Å²) in [5.74, 6) is -1.66. The molecule has 0 unspecified atom stereocenters. The van der Waals surface area contributed by atoms with Crippen molar-refractivity contribution in [3.05, 3.63) is 77.6 Å². The van der Waals surface area contributed by atoms with Crippen LogP contribution in [0.4, 0.5) is 14.5 Å². The molecule has 4 rings (SSSR count). The molecular weight excluding hydrogens is 362 g/mol. The summed E-state index contributed by atoms with van der Waals surface area (Å²) >= 11 is 0. The molecule has 144 valence electrons. The number of nitrogens with one attached hydrogen (secondary N) is 2. The van der Waals surface area contributed by atoms with E-state index >= 15 is 0 Å². The molecule has 1 aromatic heterocycles. The first-order valence-electron chi connectivity index (χ1n) is 9.24. The maximum atomic E-state index is 14.0. The predicted molar refractivity (Wildman–Crippen MR) is 103 cm³/mol. The van der Waals surface area contributed by atoms with Crippen LogP contribution in [-0.2, 0) is 0 Å². The van der Waals surface area contributed by atoms with E-state index in [1.54, 1.807) is 4.68 Å². The number of nitrogens with zero attached hydrogens (tertiary/aromatic N) is 2. The van der Waals surface area contributed by atoms with Crippen molar-refractivity contribution in [1.29, 1.82) is 0 Å². The van der Waals surface area contributed by atoms with Gasteiger partial charge in [0.05, 0.1) is 28.8 Å². The van der Waals surface area contributed by atoms with Gasteiger partial charge in [0.15, 0.2) is 0 Å². The zero-order valence-electron chi connectivity index (χ0n) is 15.2. The lowest BCUT2D eigenvalue weighted by atomic mass is 9.91. The molecule has 0 atom stereocenters. The third-order valence-electron chi connectivity index (χ3n) is 4.95. The van der Waals surface area contributed by atoms with E-state index in [-0.39, 0.29) is 11.6 Å². The van der Waals surface area contributed by atoms with Gasteiger partial charge >= 0.3 is 0 Å². The number of rotatable bonds is 4. The van der Waals surface area contributed by atoms with Crippen LogP contribution >= 0.6 is 0 Å². The average Bonchev–Trinajstić information content (AvgIpc) is 3.17. The Kier molecular flexibility index (Phi) is 5.16. The van der Waals surface area contributed by atoms with E-state index in [0.717, 1.165) is 55.5 Å². The number of para-hydroxylation sites is 1. The molecule has 3 aromatic rings. The second kappa shape index (κ2) is 7.90. The van der Waals surface area contributed by atoms with Crippen molar-refractivity contribution in [2.24, 2.45) is 0 Å². The highest BCUT2D eigenvalue weighted by Gasteiger charge is 2.27. The van der Waals surface area contributed by atoms with Gasteiger partial charge in [0.2, 0.25) is 0 Å². The number of hydrogen-bond donors (Lipinski definition) is 2. The van der Waals surface area contributed by atoms with Gasteiger partial charge < -0.3 is 10.6 Å². The first-order chi connectivity index (χ1) is 13.6. The molecule has 7 heteroatoms. The Morgan fingerprint density at radius 1 is 1.11 bits per heavy atom. The zero-order chi connectivity index (χ0) is 19.5. The fraction of sp³-hybridized carbons (Fsp3) is 0.238. The van der Waals surface area contributed by atoms with E-state index in [0.29, 0.717) is 5.56 Å². The highest BCUT2D eigenvalue weighted by molar-refractivity contribution is 6.05. The third kappa shape index (κ3) is 3.66. The fourth-order valence-corrected chi connectivity index (χ4v) is 3.58. The van der Waals surface area contributed by atoms with Gasteiger partial charge in [-0.1, -0.05) is 18.2 Å². The van der Waals surface area contributed by atoms with Crippen LogP contribution in [0.5, 0.6) is 0 Å². The Bertz CT molecular complexity index is 981. The van der Waals surface area contributed by atoms with Gasteiger partial charge in [-0.3, -0.25) is 4.79 Å². The summed E-state index contributed by atoms with van der Waals surface area (Å²) in [5.41, 5.74) is 1.84. The van der Waals surface area contributed by atoms with E-state index in [2.05, 4.69) is 15.7 Å². The maximum Gasteiger partial charge on any atom is 0.259 e. The van der Waals surface area contributed by atoms with E-state index in [1.165, 1.54) is 6.20 Å². The van der Waals surface area contributed by atoms with Gasteiger partial charge in [0.1, 0.15) is 11.6 Å². The third-order valence-corrected chi connectivity index (χ3v) is 4.95. The lowest BCUT2D eigenvalue weighted by Crippen LogP contribution is -2.29. The molecule has 0 radical (unpaired) electrons. The van der Waals surface area contributed by atoms with Gasteiger partial charge in [0, 0.05) is 12.0 Å². The number of amides is 1. The quantitative estimate of drug-likeness (QED) is 0.720. The molecule has 1 fully saturated rings. The van der Waals surface area contributed by atoms with Crippen LogP contribution in [0, 0.1) is 11.6 Å². The number of carbonyl (C=O) groups is 1. The normalized spacial score (nSPS) is 14.8. The van der Waals surface area contributed by atoms with E-state index < -0.39 is 17.5 Å². The Morgan fingerprint density at radius 3 is 2.61 bits per heavy atom. The smallest absolute Gasteiger partial charge is 0.259 e.